The van der Waals surface area contributed by atoms with Crippen LogP contribution in [0.5, 0.6) is 0 Å². The van der Waals surface area contributed by atoms with E-state index in [-0.39, 0.29) is 5.69 Å². The van der Waals surface area contributed by atoms with E-state index in [1.54, 1.807) is 24.3 Å². The second-order valence-corrected chi connectivity index (χ2v) is 6.74. The summed E-state index contributed by atoms with van der Waals surface area (Å²) in [6.45, 7) is 4.24. The molecular formula is C19H14ClF3N2S. The van der Waals surface area contributed by atoms with E-state index < -0.39 is 11.7 Å². The van der Waals surface area contributed by atoms with Gasteiger partial charge in [-0.2, -0.15) is 13.2 Å². The van der Waals surface area contributed by atoms with E-state index in [0.717, 1.165) is 23.4 Å². The zero-order valence-electron chi connectivity index (χ0n) is 13.5. The van der Waals surface area contributed by atoms with Crippen LogP contribution in [0.3, 0.4) is 0 Å². The summed E-state index contributed by atoms with van der Waals surface area (Å²) in [6.07, 6.45) is -2.68. The molecule has 7 heteroatoms. The summed E-state index contributed by atoms with van der Waals surface area (Å²) in [5.41, 5.74) is 1.38. The third-order valence-corrected chi connectivity index (χ3v) is 4.76. The van der Waals surface area contributed by atoms with E-state index in [1.807, 2.05) is 22.1 Å². The Balaban J connectivity index is 2.09. The highest BCUT2D eigenvalue weighted by Crippen LogP contribution is 2.31. The van der Waals surface area contributed by atoms with Gasteiger partial charge in [-0.05, 0) is 35.9 Å². The van der Waals surface area contributed by atoms with Crippen molar-refractivity contribution in [2.45, 2.75) is 12.7 Å². The second kappa shape index (κ2) is 7.51. The van der Waals surface area contributed by atoms with Crippen LogP contribution in [0.2, 0.25) is 5.02 Å². The fraction of sp³-hybridized carbons (Fsp3) is 0.105. The highest BCUT2D eigenvalue weighted by molar-refractivity contribution is 7.07. The Bertz CT molecular complexity index is 985. The van der Waals surface area contributed by atoms with E-state index in [2.05, 4.69) is 11.6 Å². The summed E-state index contributed by atoms with van der Waals surface area (Å²) in [5.74, 6) is 0. The predicted octanol–water partition coefficient (Wildman–Crippen LogP) is 6.31. The zero-order valence-corrected chi connectivity index (χ0v) is 15.1. The molecule has 0 unspecified atom stereocenters. The Morgan fingerprint density at radius 2 is 1.88 bits per heavy atom. The van der Waals surface area contributed by atoms with Crippen LogP contribution in [0.1, 0.15) is 5.56 Å². The molecule has 0 saturated heterocycles. The van der Waals surface area contributed by atoms with Gasteiger partial charge in [0.2, 0.25) is 0 Å². The normalized spacial score (nSPS) is 12.4. The molecule has 3 rings (SSSR count). The van der Waals surface area contributed by atoms with Gasteiger partial charge >= 0.3 is 6.18 Å². The molecule has 0 aliphatic heterocycles. The fourth-order valence-electron chi connectivity index (χ4n) is 2.44. The summed E-state index contributed by atoms with van der Waals surface area (Å²) < 4.78 is 40.6. The van der Waals surface area contributed by atoms with Gasteiger partial charge in [0.25, 0.3) is 0 Å². The van der Waals surface area contributed by atoms with Crippen molar-refractivity contribution in [2.75, 3.05) is 0 Å². The number of thiazole rings is 1. The third kappa shape index (κ3) is 4.08. The van der Waals surface area contributed by atoms with Gasteiger partial charge in [0, 0.05) is 16.9 Å². The molecule has 2 aromatic carbocycles. The van der Waals surface area contributed by atoms with Gasteiger partial charge in [-0.15, -0.1) is 17.9 Å². The number of halogens is 4. The number of allylic oxidation sites excluding steroid dienone is 1. The lowest BCUT2D eigenvalue weighted by molar-refractivity contribution is -0.137. The van der Waals surface area contributed by atoms with Gasteiger partial charge in [-0.1, -0.05) is 35.9 Å². The van der Waals surface area contributed by atoms with E-state index in [0.29, 0.717) is 16.4 Å². The summed E-state index contributed by atoms with van der Waals surface area (Å²) in [6, 6.07) is 12.3. The molecule has 134 valence electrons. The summed E-state index contributed by atoms with van der Waals surface area (Å²) >= 11 is 7.29. The first-order valence-corrected chi connectivity index (χ1v) is 8.91. The molecule has 0 spiro atoms. The van der Waals surface area contributed by atoms with Crippen molar-refractivity contribution in [2.24, 2.45) is 4.99 Å². The lowest BCUT2D eigenvalue weighted by Crippen LogP contribution is -2.14. The molecule has 0 atom stereocenters. The number of benzene rings is 2. The average molecular weight is 395 g/mol. The van der Waals surface area contributed by atoms with Crippen molar-refractivity contribution in [1.29, 1.82) is 0 Å². The van der Waals surface area contributed by atoms with Crippen LogP contribution in [0.25, 0.3) is 11.3 Å². The number of hydrogen-bond donors (Lipinski definition) is 0. The molecule has 26 heavy (non-hydrogen) atoms. The molecule has 3 aromatic rings. The largest absolute Gasteiger partial charge is 0.416 e. The number of rotatable bonds is 4. The van der Waals surface area contributed by atoms with Gasteiger partial charge in [0.15, 0.2) is 4.80 Å². The van der Waals surface area contributed by atoms with E-state index >= 15 is 0 Å². The maximum Gasteiger partial charge on any atom is 0.416 e. The number of nitrogens with zero attached hydrogens (tertiary/aromatic N) is 2. The van der Waals surface area contributed by atoms with Crippen molar-refractivity contribution >= 4 is 28.6 Å². The first-order valence-electron chi connectivity index (χ1n) is 7.65. The van der Waals surface area contributed by atoms with Crippen LogP contribution < -0.4 is 4.80 Å². The minimum absolute atomic E-state index is 0.252. The highest BCUT2D eigenvalue weighted by Gasteiger charge is 2.30. The first-order chi connectivity index (χ1) is 12.4. The summed E-state index contributed by atoms with van der Waals surface area (Å²) in [5, 5.41) is 2.55. The molecule has 1 heterocycles. The Morgan fingerprint density at radius 1 is 1.15 bits per heavy atom. The van der Waals surface area contributed by atoms with Crippen LogP contribution in [0.15, 0.2) is 71.6 Å². The van der Waals surface area contributed by atoms with Crippen molar-refractivity contribution in [3.63, 3.8) is 0 Å². The Hall–Kier alpha value is -2.31. The first kappa shape index (κ1) is 18.5. The second-order valence-electron chi connectivity index (χ2n) is 5.47. The van der Waals surface area contributed by atoms with Crippen LogP contribution in [-0.2, 0) is 12.7 Å². The van der Waals surface area contributed by atoms with Gasteiger partial charge < -0.3 is 4.57 Å². The van der Waals surface area contributed by atoms with Crippen molar-refractivity contribution < 1.29 is 13.2 Å². The van der Waals surface area contributed by atoms with Crippen LogP contribution in [-0.4, -0.2) is 4.57 Å². The SMILES string of the molecule is C=CCn1c(-c2ccc(Cl)cc2)csc1=Nc1cccc(C(F)(F)F)c1. The minimum atomic E-state index is -4.40. The molecule has 0 amide bonds. The van der Waals surface area contributed by atoms with Gasteiger partial charge in [0.1, 0.15) is 0 Å². The van der Waals surface area contributed by atoms with Gasteiger partial charge in [-0.3, -0.25) is 0 Å². The molecule has 0 N–H and O–H groups in total. The third-order valence-electron chi connectivity index (χ3n) is 3.65. The summed E-state index contributed by atoms with van der Waals surface area (Å²) in [4.78, 5) is 5.00. The van der Waals surface area contributed by atoms with Crippen LogP contribution in [0.4, 0.5) is 18.9 Å². The van der Waals surface area contributed by atoms with Crippen LogP contribution in [0, 0.1) is 0 Å². The summed E-state index contributed by atoms with van der Waals surface area (Å²) in [7, 11) is 0. The highest BCUT2D eigenvalue weighted by atomic mass is 35.5. The lowest BCUT2D eigenvalue weighted by atomic mass is 10.2. The molecule has 0 fully saturated rings. The minimum Gasteiger partial charge on any atom is -0.313 e. The average Bonchev–Trinajstić information content (AvgIpc) is 2.98. The smallest absolute Gasteiger partial charge is 0.313 e. The van der Waals surface area contributed by atoms with Gasteiger partial charge in [-0.25, -0.2) is 4.99 Å². The quantitative estimate of drug-likeness (QED) is 0.461. The fourth-order valence-corrected chi connectivity index (χ4v) is 3.50. The van der Waals surface area contributed by atoms with Crippen molar-refractivity contribution in [3.8, 4) is 11.3 Å². The standard InChI is InChI=1S/C19H14ClF3N2S/c1-2-10-25-17(13-6-8-15(20)9-7-13)12-26-18(25)24-16-5-3-4-14(11-16)19(21,22)23/h2-9,11-12H,1,10H2. The molecule has 0 radical (unpaired) electrons. The Kier molecular flexibility index (Phi) is 5.34. The number of hydrogen-bond acceptors (Lipinski definition) is 2. The van der Waals surface area contributed by atoms with E-state index in [1.165, 1.54) is 17.4 Å². The Morgan fingerprint density at radius 3 is 2.54 bits per heavy atom. The molecular weight excluding hydrogens is 381 g/mol. The number of alkyl halides is 3. The maximum absolute atomic E-state index is 12.9. The monoisotopic (exact) mass is 394 g/mol. The van der Waals surface area contributed by atoms with Crippen molar-refractivity contribution in [3.05, 3.63) is 82.0 Å². The lowest BCUT2D eigenvalue weighted by Gasteiger charge is -2.08. The zero-order chi connectivity index (χ0) is 18.7. The van der Waals surface area contributed by atoms with E-state index in [4.69, 9.17) is 11.6 Å². The predicted molar refractivity (Wildman–Crippen MR) is 99.6 cm³/mol. The molecule has 2 nitrogen and oxygen atoms in total. The molecule has 0 saturated carbocycles. The molecule has 1 aromatic heterocycles. The molecule has 0 bridgehead atoms. The Labute approximate surface area is 157 Å². The molecule has 0 aliphatic carbocycles. The topological polar surface area (TPSA) is 17.3 Å². The van der Waals surface area contributed by atoms with E-state index in [9.17, 15) is 13.2 Å². The molecule has 0 aliphatic rings. The maximum atomic E-state index is 12.9. The van der Waals surface area contributed by atoms with Gasteiger partial charge in [0.05, 0.1) is 16.9 Å². The number of aromatic nitrogens is 1. The van der Waals surface area contributed by atoms with Crippen LogP contribution >= 0.6 is 22.9 Å². The van der Waals surface area contributed by atoms with Crippen molar-refractivity contribution in [1.82, 2.24) is 4.57 Å².